The van der Waals surface area contributed by atoms with E-state index in [0.717, 1.165) is 71.7 Å². The Morgan fingerprint density at radius 3 is 1.82 bits per heavy atom. The smallest absolute Gasteiger partial charge is 0.164 e. The van der Waals surface area contributed by atoms with Gasteiger partial charge in [0.1, 0.15) is 11.2 Å². The number of benzene rings is 11. The Labute approximate surface area is 419 Å². The van der Waals surface area contributed by atoms with Gasteiger partial charge in [0.05, 0.1) is 21.9 Å². The van der Waals surface area contributed by atoms with Crippen LogP contribution in [0.2, 0.25) is 0 Å². The summed E-state index contributed by atoms with van der Waals surface area (Å²) in [6.45, 7) is 4.63. The van der Waals surface area contributed by atoms with Gasteiger partial charge in [-0.2, -0.15) is 0 Å². The van der Waals surface area contributed by atoms with Gasteiger partial charge in [0.25, 0.3) is 0 Å². The van der Waals surface area contributed by atoms with Crippen LogP contribution in [0, 0.1) is 0 Å². The van der Waals surface area contributed by atoms with E-state index in [1.54, 1.807) is 0 Å². The number of aromatic nitrogens is 4. The zero-order valence-electron chi connectivity index (χ0n) is 40.0. The van der Waals surface area contributed by atoms with E-state index in [0.29, 0.717) is 17.5 Å². The van der Waals surface area contributed by atoms with E-state index in [9.17, 15) is 0 Å². The number of nitrogens with zero attached hydrogens (tertiary/aromatic N) is 4. The van der Waals surface area contributed by atoms with Gasteiger partial charge in [-0.05, 0) is 120 Å². The van der Waals surface area contributed by atoms with E-state index >= 15 is 0 Å². The van der Waals surface area contributed by atoms with Crippen LogP contribution in [0.25, 0.3) is 149 Å². The molecule has 1 aliphatic carbocycles. The molecule has 73 heavy (non-hydrogen) atoms. The third-order valence-electron chi connectivity index (χ3n) is 16.0. The molecule has 4 heterocycles. The number of para-hydroxylation sites is 2. The van der Waals surface area contributed by atoms with Crippen molar-refractivity contribution in [2.24, 2.45) is 0 Å². The van der Waals surface area contributed by atoms with Gasteiger partial charge in [-0.15, -0.1) is 0 Å². The van der Waals surface area contributed by atoms with E-state index < -0.39 is 0 Å². The number of fused-ring (bicyclic) bond motifs is 11. The highest BCUT2D eigenvalue weighted by atomic mass is 16.3. The number of hydrogen-bond donors (Lipinski definition) is 0. The van der Waals surface area contributed by atoms with Crippen LogP contribution in [0.3, 0.4) is 0 Å². The predicted molar refractivity (Wildman–Crippen MR) is 302 cm³/mol. The lowest BCUT2D eigenvalue weighted by atomic mass is 9.82. The Bertz CT molecular complexity index is 4840. The standard InChI is InChI=1S/C68H42N4O/c1-68(2)56-22-8-5-18-49(56)55-38-46(28-33-57(55)68)66-69-65(45-17-11-15-41(36-45)42-26-25-39-13-3-4-14-40(39)35-42)70-67(71-66)54-21-12-16-43-37-44(27-29-47(43)54)48-30-31-52-50-19-6-9-23-58(50)72-59-24-10-7-20-51(59)53-32-34-60-62(63(53)72)61(52)64(48)73-60/h3-38H,1-2H3. The lowest BCUT2D eigenvalue weighted by molar-refractivity contribution is 0.660. The van der Waals surface area contributed by atoms with Crippen LogP contribution in [0.1, 0.15) is 25.0 Å². The summed E-state index contributed by atoms with van der Waals surface area (Å²) in [4.78, 5) is 16.0. The summed E-state index contributed by atoms with van der Waals surface area (Å²) in [6, 6.07) is 78.9. The molecule has 0 N–H and O–H groups in total. The molecule has 0 aliphatic heterocycles. The summed E-state index contributed by atoms with van der Waals surface area (Å²) in [7, 11) is 0. The summed E-state index contributed by atoms with van der Waals surface area (Å²) in [5, 5.41) is 11.7. The predicted octanol–water partition coefficient (Wildman–Crippen LogP) is 17.9. The molecule has 0 fully saturated rings. The maximum Gasteiger partial charge on any atom is 0.164 e. The average molecular weight is 931 g/mol. The lowest BCUT2D eigenvalue weighted by Crippen LogP contribution is -2.14. The molecule has 0 amide bonds. The van der Waals surface area contributed by atoms with Crippen molar-refractivity contribution < 1.29 is 4.42 Å². The summed E-state index contributed by atoms with van der Waals surface area (Å²) in [5.41, 5.74) is 17.5. The molecule has 15 aromatic rings. The first kappa shape index (κ1) is 40.3. The van der Waals surface area contributed by atoms with E-state index in [4.69, 9.17) is 19.4 Å². The van der Waals surface area contributed by atoms with E-state index in [2.05, 4.69) is 237 Å². The van der Waals surface area contributed by atoms with Crippen LogP contribution in [-0.4, -0.2) is 19.4 Å². The normalized spacial score (nSPS) is 13.2. The van der Waals surface area contributed by atoms with Gasteiger partial charge in [-0.3, -0.25) is 0 Å². The quantitative estimate of drug-likeness (QED) is 0.173. The fourth-order valence-electron chi connectivity index (χ4n) is 12.5. The number of furan rings is 1. The fraction of sp³-hybridized carbons (Fsp3) is 0.0441. The molecular weight excluding hydrogens is 889 g/mol. The van der Waals surface area contributed by atoms with Gasteiger partial charge in [0.15, 0.2) is 17.5 Å². The van der Waals surface area contributed by atoms with Crippen molar-refractivity contribution in [3.63, 3.8) is 0 Å². The molecule has 0 saturated carbocycles. The highest BCUT2D eigenvalue weighted by Gasteiger charge is 2.35. The summed E-state index contributed by atoms with van der Waals surface area (Å²) in [6.07, 6.45) is 0. The molecule has 340 valence electrons. The molecule has 0 spiro atoms. The third-order valence-corrected chi connectivity index (χ3v) is 16.0. The molecule has 0 radical (unpaired) electrons. The van der Waals surface area contributed by atoms with Gasteiger partial charge >= 0.3 is 0 Å². The molecule has 0 saturated heterocycles. The van der Waals surface area contributed by atoms with Crippen molar-refractivity contribution in [1.29, 1.82) is 0 Å². The van der Waals surface area contributed by atoms with Crippen LogP contribution in [0.15, 0.2) is 223 Å². The van der Waals surface area contributed by atoms with Crippen LogP contribution >= 0.6 is 0 Å². The molecule has 4 aromatic heterocycles. The largest absolute Gasteiger partial charge is 0.455 e. The van der Waals surface area contributed by atoms with E-state index in [-0.39, 0.29) is 5.41 Å². The monoisotopic (exact) mass is 930 g/mol. The van der Waals surface area contributed by atoms with Crippen molar-refractivity contribution >= 4 is 81.6 Å². The third kappa shape index (κ3) is 5.76. The first-order chi connectivity index (χ1) is 35.9. The maximum absolute atomic E-state index is 7.02. The van der Waals surface area contributed by atoms with Crippen LogP contribution < -0.4 is 0 Å². The van der Waals surface area contributed by atoms with Gasteiger partial charge in [0, 0.05) is 49.2 Å². The maximum atomic E-state index is 7.02. The summed E-state index contributed by atoms with van der Waals surface area (Å²) < 4.78 is 9.46. The summed E-state index contributed by atoms with van der Waals surface area (Å²) >= 11 is 0. The molecular formula is C68H42N4O. The van der Waals surface area contributed by atoms with Crippen molar-refractivity contribution in [2.75, 3.05) is 0 Å². The van der Waals surface area contributed by atoms with Crippen LogP contribution in [0.4, 0.5) is 0 Å². The highest BCUT2D eigenvalue weighted by molar-refractivity contribution is 6.33. The topological polar surface area (TPSA) is 56.2 Å². The van der Waals surface area contributed by atoms with E-state index in [1.165, 1.54) is 71.1 Å². The number of hydrogen-bond acceptors (Lipinski definition) is 4. The molecule has 0 bridgehead atoms. The molecule has 5 nitrogen and oxygen atoms in total. The second-order valence-corrected chi connectivity index (χ2v) is 20.3. The zero-order valence-corrected chi connectivity index (χ0v) is 40.0. The Kier molecular flexibility index (Phi) is 8.17. The minimum atomic E-state index is -0.114. The van der Waals surface area contributed by atoms with Gasteiger partial charge in [-0.1, -0.05) is 178 Å². The molecule has 0 atom stereocenters. The zero-order chi connectivity index (χ0) is 48.1. The Morgan fingerprint density at radius 2 is 0.959 bits per heavy atom. The van der Waals surface area contributed by atoms with Crippen LogP contribution in [-0.2, 0) is 5.41 Å². The molecule has 11 aromatic carbocycles. The van der Waals surface area contributed by atoms with Crippen molar-refractivity contribution in [1.82, 2.24) is 19.4 Å². The minimum Gasteiger partial charge on any atom is -0.455 e. The van der Waals surface area contributed by atoms with E-state index in [1.807, 2.05) is 0 Å². The highest BCUT2D eigenvalue weighted by Crippen LogP contribution is 2.50. The Balaban J connectivity index is 0.875. The lowest BCUT2D eigenvalue weighted by Gasteiger charge is -2.21. The Hall–Kier alpha value is -9.45. The van der Waals surface area contributed by atoms with Crippen molar-refractivity contribution in [3.8, 4) is 67.5 Å². The van der Waals surface area contributed by atoms with Crippen LogP contribution in [0.5, 0.6) is 0 Å². The van der Waals surface area contributed by atoms with Gasteiger partial charge in [-0.25, -0.2) is 15.0 Å². The van der Waals surface area contributed by atoms with Crippen molar-refractivity contribution in [3.05, 3.63) is 230 Å². The molecule has 0 unspecified atom stereocenters. The first-order valence-corrected chi connectivity index (χ1v) is 25.1. The Morgan fingerprint density at radius 1 is 0.356 bits per heavy atom. The molecule has 5 heteroatoms. The average Bonchev–Trinajstić information content (AvgIpc) is 4.10. The first-order valence-electron chi connectivity index (χ1n) is 25.1. The number of rotatable bonds is 5. The van der Waals surface area contributed by atoms with Gasteiger partial charge < -0.3 is 8.82 Å². The molecule has 1 aliphatic rings. The second-order valence-electron chi connectivity index (χ2n) is 20.3. The SMILES string of the molecule is CC1(C)c2ccccc2-c2cc(-c3nc(-c4cccc(-c5ccc6ccccc6c5)c4)nc(-c4cccc5cc(-c6ccc7c8ccccc8n8c9ccccc9c9ccc%10oc6c7c%10c98)ccc45)n3)ccc21. The fourth-order valence-corrected chi connectivity index (χ4v) is 12.5. The second kappa shape index (κ2) is 14.8. The van der Waals surface area contributed by atoms with Crippen molar-refractivity contribution in [2.45, 2.75) is 19.3 Å². The summed E-state index contributed by atoms with van der Waals surface area (Å²) in [5.74, 6) is 1.88. The minimum absolute atomic E-state index is 0.114. The molecule has 16 rings (SSSR count). The van der Waals surface area contributed by atoms with Gasteiger partial charge in [0.2, 0.25) is 0 Å².